The number of nitrogens with one attached hydrogen (secondary N) is 1. The van der Waals surface area contributed by atoms with E-state index in [9.17, 15) is 13.2 Å². The maximum absolute atomic E-state index is 14.3. The lowest BCUT2D eigenvalue weighted by molar-refractivity contribution is 0.0146. The van der Waals surface area contributed by atoms with Gasteiger partial charge in [-0.05, 0) is 43.2 Å². The Hall–Kier alpha value is -2.87. The van der Waals surface area contributed by atoms with Crippen LogP contribution in [0.1, 0.15) is 45.1 Å². The van der Waals surface area contributed by atoms with E-state index < -0.39 is 11.1 Å². The van der Waals surface area contributed by atoms with Crippen LogP contribution in [-0.2, 0) is 5.92 Å². The molecule has 8 heteroatoms. The molecule has 2 aromatic heterocycles. The highest BCUT2D eigenvalue weighted by Crippen LogP contribution is 2.38. The quantitative estimate of drug-likeness (QED) is 0.235. The Balaban J connectivity index is 1.71. The molecule has 1 N–H and O–H groups in total. The molecule has 0 radical (unpaired) electrons. The molecule has 3 aromatic rings. The molecule has 0 aliphatic carbocycles. The minimum atomic E-state index is -3.10. The monoisotopic (exact) mass is 461 g/mol. The van der Waals surface area contributed by atoms with Crippen LogP contribution >= 0.6 is 11.3 Å². The maximum Gasteiger partial charge on any atom is 0.274 e. The zero-order valence-corrected chi connectivity index (χ0v) is 18.9. The van der Waals surface area contributed by atoms with Gasteiger partial charge in [-0.15, -0.1) is 0 Å². The van der Waals surface area contributed by atoms with Gasteiger partial charge in [0.05, 0.1) is 12.2 Å². The van der Waals surface area contributed by atoms with Gasteiger partial charge in [0.1, 0.15) is 11.4 Å². The molecule has 0 saturated carbocycles. The molecule has 4 nitrogen and oxygen atoms in total. The number of ether oxygens (including phenoxy) is 1. The van der Waals surface area contributed by atoms with Gasteiger partial charge in [0.15, 0.2) is 5.13 Å². The summed E-state index contributed by atoms with van der Waals surface area (Å²) in [5.74, 6) is -2.97. The van der Waals surface area contributed by atoms with Crippen LogP contribution < -0.4 is 10.1 Å². The van der Waals surface area contributed by atoms with Crippen molar-refractivity contribution in [2.45, 2.75) is 45.5 Å². The number of thiazole rings is 1. The number of rotatable bonds is 11. The molecule has 3 rings (SSSR count). The van der Waals surface area contributed by atoms with Crippen molar-refractivity contribution in [1.29, 1.82) is 0 Å². The lowest BCUT2D eigenvalue weighted by atomic mass is 10.1. The summed E-state index contributed by atoms with van der Waals surface area (Å²) in [6, 6.07) is 7.83. The van der Waals surface area contributed by atoms with Crippen LogP contribution in [0, 0.1) is 5.13 Å². The van der Waals surface area contributed by atoms with Crippen molar-refractivity contribution in [2.24, 2.45) is 0 Å². The number of anilines is 2. The van der Waals surface area contributed by atoms with Crippen molar-refractivity contribution in [1.82, 2.24) is 9.97 Å². The van der Waals surface area contributed by atoms with E-state index in [4.69, 9.17) is 4.74 Å². The fourth-order valence-electron chi connectivity index (χ4n) is 3.03. The van der Waals surface area contributed by atoms with Gasteiger partial charge in [-0.2, -0.15) is 4.39 Å². The molecule has 0 saturated heterocycles. The average Bonchev–Trinajstić information content (AvgIpc) is 3.13. The third-order valence-corrected chi connectivity index (χ3v) is 5.42. The Kier molecular flexibility index (Phi) is 8.27. The molecule has 0 aliphatic rings. The fourth-order valence-corrected chi connectivity index (χ4v) is 3.77. The van der Waals surface area contributed by atoms with Crippen molar-refractivity contribution < 1.29 is 17.9 Å². The highest BCUT2D eigenvalue weighted by molar-refractivity contribution is 7.14. The number of aromatic nitrogens is 2. The molecule has 0 aliphatic heterocycles. The van der Waals surface area contributed by atoms with Crippen LogP contribution in [-0.4, -0.2) is 16.6 Å². The predicted molar refractivity (Wildman–Crippen MR) is 123 cm³/mol. The number of halogens is 3. The topological polar surface area (TPSA) is 47.0 Å². The summed E-state index contributed by atoms with van der Waals surface area (Å²) in [6.45, 7) is 3.27. The summed E-state index contributed by atoms with van der Waals surface area (Å²) >= 11 is 0.803. The molecule has 0 bridgehead atoms. The second-order valence-corrected chi connectivity index (χ2v) is 8.31. The Morgan fingerprint density at radius 3 is 2.72 bits per heavy atom. The standard InChI is InChI=1S/C24H26F3N3OS/c1-3-4-5-6-7-8-14-31-20-12-11-18(15-19(20)24(2,26)27)29-23-30-21(22(25)32-23)17-10-9-13-28-16-17/h6-7,9-13,15-16H,3-5,8,14H2,1-2H3,(H,29,30)/b7-6-. The fraction of sp³-hybridized carbons (Fsp3) is 0.333. The average molecular weight is 462 g/mol. The van der Waals surface area contributed by atoms with Crippen LogP contribution in [0.25, 0.3) is 11.3 Å². The van der Waals surface area contributed by atoms with Crippen molar-refractivity contribution in [3.8, 4) is 17.0 Å². The van der Waals surface area contributed by atoms with E-state index in [1.807, 2.05) is 6.08 Å². The SMILES string of the molecule is CCCC/C=C\CCOc1ccc(Nc2nc(-c3cccnc3)c(F)s2)cc1C(C)(F)F. The van der Waals surface area contributed by atoms with E-state index in [1.54, 1.807) is 24.4 Å². The summed E-state index contributed by atoms with van der Waals surface area (Å²) < 4.78 is 48.4. The van der Waals surface area contributed by atoms with Crippen molar-refractivity contribution >= 4 is 22.2 Å². The molecule has 0 fully saturated rings. The maximum atomic E-state index is 14.3. The third-order valence-electron chi connectivity index (χ3n) is 4.66. The second kappa shape index (κ2) is 11.1. The molecule has 0 atom stereocenters. The molecule has 0 unspecified atom stereocenters. The normalized spacial score (nSPS) is 11.8. The number of allylic oxidation sites excluding steroid dienone is 1. The zero-order valence-electron chi connectivity index (χ0n) is 18.1. The number of hydrogen-bond acceptors (Lipinski definition) is 5. The lowest BCUT2D eigenvalue weighted by Crippen LogP contribution is -2.11. The van der Waals surface area contributed by atoms with E-state index in [0.717, 1.165) is 37.5 Å². The predicted octanol–water partition coefficient (Wildman–Crippen LogP) is 7.71. The third kappa shape index (κ3) is 6.56. The van der Waals surface area contributed by atoms with E-state index in [2.05, 4.69) is 28.3 Å². The van der Waals surface area contributed by atoms with Crippen LogP contribution in [0.5, 0.6) is 5.75 Å². The van der Waals surface area contributed by atoms with Crippen LogP contribution in [0.3, 0.4) is 0 Å². The number of pyridine rings is 1. The van der Waals surface area contributed by atoms with E-state index >= 15 is 0 Å². The largest absolute Gasteiger partial charge is 0.493 e. The minimum absolute atomic E-state index is 0.131. The number of unbranched alkanes of at least 4 members (excludes halogenated alkanes) is 2. The zero-order chi connectivity index (χ0) is 23.0. The van der Waals surface area contributed by atoms with E-state index in [-0.39, 0.29) is 22.1 Å². The molecular weight excluding hydrogens is 435 g/mol. The molecule has 170 valence electrons. The van der Waals surface area contributed by atoms with Gasteiger partial charge in [-0.3, -0.25) is 4.98 Å². The molecular formula is C24H26F3N3OS. The first kappa shape index (κ1) is 23.8. The Morgan fingerprint density at radius 1 is 1.19 bits per heavy atom. The van der Waals surface area contributed by atoms with E-state index in [1.165, 1.54) is 18.3 Å². The summed E-state index contributed by atoms with van der Waals surface area (Å²) in [6.07, 6.45) is 11.1. The van der Waals surface area contributed by atoms with Gasteiger partial charge in [0.2, 0.25) is 5.13 Å². The molecule has 32 heavy (non-hydrogen) atoms. The van der Waals surface area contributed by atoms with Crippen LogP contribution in [0.2, 0.25) is 0 Å². The smallest absolute Gasteiger partial charge is 0.274 e. The molecule has 2 heterocycles. The summed E-state index contributed by atoms with van der Waals surface area (Å²) in [5, 5.41) is 2.70. The molecule has 1 aromatic carbocycles. The first-order chi connectivity index (χ1) is 15.4. The first-order valence-electron chi connectivity index (χ1n) is 10.5. The van der Waals surface area contributed by atoms with Crippen molar-refractivity contribution in [2.75, 3.05) is 11.9 Å². The van der Waals surface area contributed by atoms with Crippen molar-refractivity contribution in [3.63, 3.8) is 0 Å². The number of alkyl halides is 2. The van der Waals surface area contributed by atoms with Crippen LogP contribution in [0.4, 0.5) is 24.0 Å². The Bertz CT molecular complexity index is 1030. The highest BCUT2D eigenvalue weighted by Gasteiger charge is 2.29. The lowest BCUT2D eigenvalue weighted by Gasteiger charge is -2.17. The van der Waals surface area contributed by atoms with Gasteiger partial charge in [-0.25, -0.2) is 13.8 Å². The number of hydrogen-bond donors (Lipinski definition) is 1. The van der Waals surface area contributed by atoms with Crippen LogP contribution in [0.15, 0.2) is 54.9 Å². The minimum Gasteiger partial charge on any atom is -0.493 e. The summed E-state index contributed by atoms with van der Waals surface area (Å²) in [7, 11) is 0. The van der Waals surface area contributed by atoms with Gasteiger partial charge in [0, 0.05) is 30.6 Å². The Morgan fingerprint density at radius 2 is 2.00 bits per heavy atom. The van der Waals surface area contributed by atoms with Crippen molar-refractivity contribution in [3.05, 3.63) is 65.6 Å². The van der Waals surface area contributed by atoms with Gasteiger partial charge in [-0.1, -0.05) is 43.3 Å². The second-order valence-electron chi connectivity index (χ2n) is 7.36. The Labute approximate surface area is 190 Å². The van der Waals surface area contributed by atoms with Gasteiger partial charge < -0.3 is 10.1 Å². The summed E-state index contributed by atoms with van der Waals surface area (Å²) in [5.41, 5.74) is 0.850. The van der Waals surface area contributed by atoms with Gasteiger partial charge in [0.25, 0.3) is 5.92 Å². The molecule has 0 spiro atoms. The molecule has 0 amide bonds. The number of benzene rings is 1. The van der Waals surface area contributed by atoms with Gasteiger partial charge >= 0.3 is 0 Å². The highest BCUT2D eigenvalue weighted by atomic mass is 32.1. The summed E-state index contributed by atoms with van der Waals surface area (Å²) in [4.78, 5) is 8.22. The first-order valence-corrected chi connectivity index (χ1v) is 11.3. The van der Waals surface area contributed by atoms with E-state index in [0.29, 0.717) is 24.3 Å². The number of nitrogens with zero attached hydrogens (tertiary/aromatic N) is 2.